The summed E-state index contributed by atoms with van der Waals surface area (Å²) in [5, 5.41) is 3.69. The van der Waals surface area contributed by atoms with Crippen molar-refractivity contribution in [2.45, 2.75) is 25.0 Å². The molecule has 7 heteroatoms. The number of hydrogen-bond donors (Lipinski definition) is 1. The first-order valence-electron chi connectivity index (χ1n) is 7.31. The number of nitrogens with one attached hydrogen (secondary N) is 1. The summed E-state index contributed by atoms with van der Waals surface area (Å²) in [6.07, 6.45) is 2.46. The van der Waals surface area contributed by atoms with Crippen LogP contribution in [0.15, 0.2) is 0 Å². The first kappa shape index (κ1) is 13.7. The van der Waals surface area contributed by atoms with Crippen LogP contribution in [0.1, 0.15) is 19.8 Å². The van der Waals surface area contributed by atoms with Gasteiger partial charge in [-0.1, -0.05) is 6.92 Å². The van der Waals surface area contributed by atoms with Gasteiger partial charge in [0.2, 0.25) is 17.8 Å². The summed E-state index contributed by atoms with van der Waals surface area (Å²) < 4.78 is 0. The lowest BCUT2D eigenvalue weighted by Crippen LogP contribution is -2.38. The van der Waals surface area contributed by atoms with Crippen LogP contribution in [0.3, 0.4) is 0 Å². The van der Waals surface area contributed by atoms with Gasteiger partial charge in [0.1, 0.15) is 0 Å². The summed E-state index contributed by atoms with van der Waals surface area (Å²) in [6.45, 7) is 6.40. The van der Waals surface area contributed by atoms with Crippen LogP contribution in [0.25, 0.3) is 0 Å². The van der Waals surface area contributed by atoms with Gasteiger partial charge in [0.05, 0.1) is 0 Å². The Labute approximate surface area is 124 Å². The zero-order valence-electron chi connectivity index (χ0n) is 12.2. The molecule has 110 valence electrons. The molecule has 0 aliphatic carbocycles. The Bertz CT molecular complexity index is 462. The monoisotopic (exact) mass is 294 g/mol. The van der Waals surface area contributed by atoms with Crippen molar-refractivity contribution in [3.8, 4) is 0 Å². The van der Waals surface area contributed by atoms with Gasteiger partial charge in [0, 0.05) is 44.2 Å². The molecule has 0 spiro atoms. The Morgan fingerprint density at radius 3 is 2.40 bits per heavy atom. The minimum absolute atomic E-state index is 0.633. The van der Waals surface area contributed by atoms with E-state index < -0.39 is 0 Å². The summed E-state index contributed by atoms with van der Waals surface area (Å²) in [6, 6.07) is 0. The molecule has 1 aromatic rings. The molecule has 0 radical (unpaired) electrons. The van der Waals surface area contributed by atoms with E-state index in [1.54, 1.807) is 0 Å². The topological polar surface area (TPSA) is 57.2 Å². The van der Waals surface area contributed by atoms with Crippen LogP contribution in [0.4, 0.5) is 17.8 Å². The van der Waals surface area contributed by atoms with Crippen molar-refractivity contribution in [2.75, 3.05) is 54.1 Å². The fourth-order valence-corrected chi connectivity index (χ4v) is 3.68. The molecule has 2 saturated heterocycles. The molecule has 0 amide bonds. The number of nitrogens with zero attached hydrogens (tertiary/aromatic N) is 5. The summed E-state index contributed by atoms with van der Waals surface area (Å²) in [5.41, 5.74) is 0. The average molecular weight is 294 g/mol. The van der Waals surface area contributed by atoms with Crippen LogP contribution in [-0.2, 0) is 0 Å². The zero-order chi connectivity index (χ0) is 13.9. The molecule has 1 aromatic heterocycles. The molecule has 2 aliphatic rings. The number of anilines is 3. The molecule has 2 fully saturated rings. The van der Waals surface area contributed by atoms with E-state index in [1.165, 1.54) is 12.8 Å². The van der Waals surface area contributed by atoms with Crippen molar-refractivity contribution < 1.29 is 0 Å². The van der Waals surface area contributed by atoms with E-state index in [2.05, 4.69) is 32.0 Å². The molecule has 1 unspecified atom stereocenters. The smallest absolute Gasteiger partial charge is 0.232 e. The van der Waals surface area contributed by atoms with Gasteiger partial charge in [0.15, 0.2) is 0 Å². The van der Waals surface area contributed by atoms with E-state index in [0.29, 0.717) is 11.2 Å². The lowest BCUT2D eigenvalue weighted by atomic mass is 10.4. The highest BCUT2D eigenvalue weighted by Gasteiger charge is 2.22. The summed E-state index contributed by atoms with van der Waals surface area (Å²) in [4.78, 5) is 18.3. The molecule has 3 rings (SSSR count). The van der Waals surface area contributed by atoms with E-state index in [9.17, 15) is 0 Å². The lowest BCUT2D eigenvalue weighted by molar-refractivity contribution is 0.745. The normalized spacial score (nSPS) is 23.2. The Kier molecular flexibility index (Phi) is 4.14. The lowest BCUT2D eigenvalue weighted by Gasteiger charge is -2.31. The molecular formula is C13H22N6S. The van der Waals surface area contributed by atoms with Gasteiger partial charge in [-0.05, 0) is 12.8 Å². The number of hydrogen-bond acceptors (Lipinski definition) is 7. The first-order valence-corrected chi connectivity index (χ1v) is 8.36. The Morgan fingerprint density at radius 2 is 1.75 bits per heavy atom. The van der Waals surface area contributed by atoms with Crippen molar-refractivity contribution in [1.82, 2.24) is 15.0 Å². The van der Waals surface area contributed by atoms with Crippen molar-refractivity contribution in [1.29, 1.82) is 0 Å². The minimum atomic E-state index is 0.633. The molecule has 3 heterocycles. The highest BCUT2D eigenvalue weighted by atomic mass is 32.2. The summed E-state index contributed by atoms with van der Waals surface area (Å²) >= 11 is 2.02. The van der Waals surface area contributed by atoms with Crippen LogP contribution in [0.5, 0.6) is 0 Å². The van der Waals surface area contributed by atoms with Crippen molar-refractivity contribution in [3.63, 3.8) is 0 Å². The predicted molar refractivity (Wildman–Crippen MR) is 85.0 cm³/mol. The summed E-state index contributed by atoms with van der Waals surface area (Å²) in [7, 11) is 1.86. The second kappa shape index (κ2) is 6.03. The van der Waals surface area contributed by atoms with Crippen LogP contribution < -0.4 is 15.1 Å². The number of rotatable bonds is 3. The highest BCUT2D eigenvalue weighted by Crippen LogP contribution is 2.24. The molecular weight excluding hydrogens is 272 g/mol. The van der Waals surface area contributed by atoms with E-state index >= 15 is 0 Å². The maximum Gasteiger partial charge on any atom is 0.232 e. The molecule has 0 bridgehead atoms. The molecule has 1 N–H and O–H groups in total. The summed E-state index contributed by atoms with van der Waals surface area (Å²) in [5.74, 6) is 3.45. The van der Waals surface area contributed by atoms with Crippen molar-refractivity contribution in [2.24, 2.45) is 0 Å². The van der Waals surface area contributed by atoms with E-state index in [1.807, 2.05) is 18.8 Å². The second-order valence-electron chi connectivity index (χ2n) is 5.33. The van der Waals surface area contributed by atoms with E-state index in [0.717, 1.165) is 43.8 Å². The molecule has 2 aliphatic heterocycles. The largest absolute Gasteiger partial charge is 0.357 e. The van der Waals surface area contributed by atoms with E-state index in [-0.39, 0.29) is 0 Å². The maximum atomic E-state index is 4.70. The van der Waals surface area contributed by atoms with E-state index in [4.69, 9.17) is 4.98 Å². The molecule has 0 saturated carbocycles. The third kappa shape index (κ3) is 2.92. The van der Waals surface area contributed by atoms with Gasteiger partial charge in [0.25, 0.3) is 0 Å². The molecule has 6 nitrogen and oxygen atoms in total. The number of aromatic nitrogens is 3. The third-order valence-electron chi connectivity index (χ3n) is 3.75. The third-order valence-corrected chi connectivity index (χ3v) is 4.88. The highest BCUT2D eigenvalue weighted by molar-refractivity contribution is 8.00. The van der Waals surface area contributed by atoms with Gasteiger partial charge in [-0.25, -0.2) is 0 Å². The van der Waals surface area contributed by atoms with Crippen LogP contribution >= 0.6 is 11.8 Å². The van der Waals surface area contributed by atoms with Crippen molar-refractivity contribution >= 4 is 29.6 Å². The van der Waals surface area contributed by atoms with Gasteiger partial charge in [-0.3, -0.25) is 0 Å². The maximum absolute atomic E-state index is 4.70. The fourth-order valence-electron chi connectivity index (χ4n) is 2.67. The SMILES string of the molecule is CNc1nc(N2CCCC2)nc(N2CCSC(C)C2)n1. The van der Waals surface area contributed by atoms with Crippen LogP contribution in [0, 0.1) is 0 Å². The van der Waals surface area contributed by atoms with Gasteiger partial charge < -0.3 is 15.1 Å². The predicted octanol–water partition coefficient (Wildman–Crippen LogP) is 1.46. The zero-order valence-corrected chi connectivity index (χ0v) is 13.0. The van der Waals surface area contributed by atoms with Gasteiger partial charge >= 0.3 is 0 Å². The van der Waals surface area contributed by atoms with Crippen molar-refractivity contribution in [3.05, 3.63) is 0 Å². The average Bonchev–Trinajstić information content (AvgIpc) is 3.01. The second-order valence-corrected chi connectivity index (χ2v) is 6.88. The van der Waals surface area contributed by atoms with Crippen LogP contribution in [0.2, 0.25) is 0 Å². The molecule has 20 heavy (non-hydrogen) atoms. The van der Waals surface area contributed by atoms with Gasteiger partial charge in [-0.15, -0.1) is 0 Å². The molecule has 1 atom stereocenters. The minimum Gasteiger partial charge on any atom is -0.357 e. The number of thioether (sulfide) groups is 1. The standard InChI is InChI=1S/C13H22N6S/c1-10-9-19(7-8-20-10)13-16-11(14-2)15-12(17-13)18-5-3-4-6-18/h10H,3-9H2,1-2H3,(H,14,15,16,17). The molecule has 0 aromatic carbocycles. The van der Waals surface area contributed by atoms with Gasteiger partial charge in [-0.2, -0.15) is 26.7 Å². The quantitative estimate of drug-likeness (QED) is 0.905. The fraction of sp³-hybridized carbons (Fsp3) is 0.769. The Balaban J connectivity index is 1.87. The Morgan fingerprint density at radius 1 is 1.05 bits per heavy atom. The Hall–Kier alpha value is -1.24. The van der Waals surface area contributed by atoms with Crippen LogP contribution in [-0.4, -0.2) is 59.2 Å². The first-order chi connectivity index (χ1) is 9.76.